The molecule has 0 amide bonds. The van der Waals surface area contributed by atoms with Crippen LogP contribution in [-0.4, -0.2) is 31.9 Å². The molecule has 0 aliphatic rings. The number of hydrogen-bond donors (Lipinski definition) is 2. The molecule has 102 valence electrons. The Morgan fingerprint density at radius 2 is 2.30 bits per heavy atom. The van der Waals surface area contributed by atoms with Crippen molar-refractivity contribution in [2.45, 2.75) is 6.54 Å². The van der Waals surface area contributed by atoms with Crippen molar-refractivity contribution >= 4 is 11.5 Å². The average Bonchev–Trinajstić information content (AvgIpc) is 2.86. The predicted molar refractivity (Wildman–Crippen MR) is 71.7 cm³/mol. The summed E-state index contributed by atoms with van der Waals surface area (Å²) in [7, 11) is 1.57. The van der Waals surface area contributed by atoms with E-state index in [1.54, 1.807) is 25.4 Å². The zero-order valence-corrected chi connectivity index (χ0v) is 10.7. The van der Waals surface area contributed by atoms with E-state index in [-0.39, 0.29) is 5.69 Å². The Balaban J connectivity index is 1.79. The van der Waals surface area contributed by atoms with Crippen LogP contribution in [0, 0.1) is 0 Å². The van der Waals surface area contributed by atoms with E-state index in [9.17, 15) is 4.79 Å². The van der Waals surface area contributed by atoms with Gasteiger partial charge in [0.25, 0.3) is 0 Å². The SMILES string of the molecule is COc1cc(CNc2ccc3n[nH]c(=O)n3n2)ccn1. The molecule has 0 aromatic carbocycles. The summed E-state index contributed by atoms with van der Waals surface area (Å²) in [5, 5.41) is 13.4. The fourth-order valence-corrected chi connectivity index (χ4v) is 1.76. The highest BCUT2D eigenvalue weighted by Gasteiger charge is 2.03. The number of hydrogen-bond acceptors (Lipinski definition) is 6. The van der Waals surface area contributed by atoms with E-state index >= 15 is 0 Å². The molecule has 0 aliphatic heterocycles. The number of ether oxygens (including phenoxy) is 1. The van der Waals surface area contributed by atoms with Gasteiger partial charge in [0.1, 0.15) is 5.82 Å². The summed E-state index contributed by atoms with van der Waals surface area (Å²) in [6.45, 7) is 0.546. The van der Waals surface area contributed by atoms with Gasteiger partial charge < -0.3 is 10.1 Å². The minimum Gasteiger partial charge on any atom is -0.481 e. The van der Waals surface area contributed by atoms with Crippen molar-refractivity contribution in [2.75, 3.05) is 12.4 Å². The highest BCUT2D eigenvalue weighted by molar-refractivity contribution is 5.43. The number of nitrogens with zero attached hydrogens (tertiary/aromatic N) is 4. The predicted octanol–water partition coefficient (Wildman–Crippen LogP) is 0.433. The van der Waals surface area contributed by atoms with Gasteiger partial charge in [-0.3, -0.25) is 0 Å². The van der Waals surface area contributed by atoms with Crippen molar-refractivity contribution in [1.82, 2.24) is 24.8 Å². The summed E-state index contributed by atoms with van der Waals surface area (Å²) in [5.41, 5.74) is 1.11. The van der Waals surface area contributed by atoms with Gasteiger partial charge in [0.05, 0.1) is 7.11 Å². The number of pyridine rings is 1. The Labute approximate surface area is 113 Å². The van der Waals surface area contributed by atoms with Crippen LogP contribution in [0.3, 0.4) is 0 Å². The smallest absolute Gasteiger partial charge is 0.364 e. The van der Waals surface area contributed by atoms with Crippen molar-refractivity contribution in [2.24, 2.45) is 0 Å². The molecule has 3 aromatic rings. The Kier molecular flexibility index (Phi) is 3.04. The topological polar surface area (TPSA) is 97.2 Å². The van der Waals surface area contributed by atoms with Gasteiger partial charge in [-0.05, 0) is 23.8 Å². The molecule has 0 saturated carbocycles. The first kappa shape index (κ1) is 12.2. The lowest BCUT2D eigenvalue weighted by atomic mass is 10.2. The highest BCUT2D eigenvalue weighted by atomic mass is 16.5. The number of fused-ring (bicyclic) bond motifs is 1. The van der Waals surface area contributed by atoms with Crippen LogP contribution < -0.4 is 15.7 Å². The molecule has 20 heavy (non-hydrogen) atoms. The highest BCUT2D eigenvalue weighted by Crippen LogP contribution is 2.10. The lowest BCUT2D eigenvalue weighted by Gasteiger charge is -2.06. The fourth-order valence-electron chi connectivity index (χ4n) is 1.76. The molecule has 0 atom stereocenters. The number of aromatic amines is 1. The first-order valence-electron chi connectivity index (χ1n) is 5.93. The maximum absolute atomic E-state index is 11.4. The maximum Gasteiger partial charge on any atom is 0.364 e. The molecular weight excluding hydrogens is 260 g/mol. The maximum atomic E-state index is 11.4. The van der Waals surface area contributed by atoms with Gasteiger partial charge in [-0.25, -0.2) is 14.9 Å². The summed E-state index contributed by atoms with van der Waals surface area (Å²) >= 11 is 0. The van der Waals surface area contributed by atoms with Crippen LogP contribution in [0.2, 0.25) is 0 Å². The third kappa shape index (κ3) is 2.30. The molecule has 0 bridgehead atoms. The van der Waals surface area contributed by atoms with Gasteiger partial charge in [0, 0.05) is 18.8 Å². The molecule has 8 heteroatoms. The zero-order chi connectivity index (χ0) is 13.9. The fraction of sp³-hybridized carbons (Fsp3) is 0.167. The summed E-state index contributed by atoms with van der Waals surface area (Å²) in [4.78, 5) is 15.5. The second-order valence-corrected chi connectivity index (χ2v) is 4.08. The van der Waals surface area contributed by atoms with E-state index in [2.05, 4.69) is 25.6 Å². The molecule has 3 heterocycles. The number of methoxy groups -OCH3 is 1. The molecule has 3 rings (SSSR count). The van der Waals surface area contributed by atoms with Crippen molar-refractivity contribution < 1.29 is 4.74 Å². The Bertz CT molecular complexity index is 794. The second-order valence-electron chi connectivity index (χ2n) is 4.08. The Morgan fingerprint density at radius 1 is 1.40 bits per heavy atom. The number of H-pyrrole nitrogens is 1. The van der Waals surface area contributed by atoms with Gasteiger partial charge in [0.2, 0.25) is 5.88 Å². The monoisotopic (exact) mass is 272 g/mol. The molecule has 3 aromatic heterocycles. The lowest BCUT2D eigenvalue weighted by molar-refractivity contribution is 0.397. The van der Waals surface area contributed by atoms with Crippen LogP contribution in [0.5, 0.6) is 5.88 Å². The van der Waals surface area contributed by atoms with Crippen LogP contribution in [-0.2, 0) is 6.54 Å². The minimum atomic E-state index is -0.366. The molecule has 0 radical (unpaired) electrons. The van der Waals surface area contributed by atoms with E-state index in [0.717, 1.165) is 5.56 Å². The van der Waals surface area contributed by atoms with Crippen LogP contribution in [0.25, 0.3) is 5.65 Å². The zero-order valence-electron chi connectivity index (χ0n) is 10.7. The number of rotatable bonds is 4. The molecular formula is C12H12N6O2. The van der Waals surface area contributed by atoms with Crippen LogP contribution >= 0.6 is 0 Å². The number of aromatic nitrogens is 5. The molecule has 0 unspecified atom stereocenters. The average molecular weight is 272 g/mol. The van der Waals surface area contributed by atoms with E-state index in [1.807, 2.05) is 12.1 Å². The van der Waals surface area contributed by atoms with Crippen LogP contribution in [0.1, 0.15) is 5.56 Å². The lowest BCUT2D eigenvalue weighted by Crippen LogP contribution is -2.14. The third-order valence-corrected chi connectivity index (χ3v) is 2.76. The normalized spacial score (nSPS) is 10.7. The summed E-state index contributed by atoms with van der Waals surface area (Å²) in [5.74, 6) is 1.13. The van der Waals surface area contributed by atoms with E-state index in [0.29, 0.717) is 23.9 Å². The minimum absolute atomic E-state index is 0.366. The number of nitrogens with one attached hydrogen (secondary N) is 2. The van der Waals surface area contributed by atoms with E-state index in [4.69, 9.17) is 4.74 Å². The molecule has 8 nitrogen and oxygen atoms in total. The van der Waals surface area contributed by atoms with Gasteiger partial charge in [-0.1, -0.05) is 0 Å². The number of anilines is 1. The molecule has 0 aliphatic carbocycles. The molecule has 0 fully saturated rings. The van der Waals surface area contributed by atoms with E-state index < -0.39 is 0 Å². The molecule has 2 N–H and O–H groups in total. The van der Waals surface area contributed by atoms with Crippen molar-refractivity contribution in [3.8, 4) is 5.88 Å². The summed E-state index contributed by atoms with van der Waals surface area (Å²) in [6, 6.07) is 7.17. The molecule has 0 spiro atoms. The van der Waals surface area contributed by atoms with Crippen LogP contribution in [0.4, 0.5) is 5.82 Å². The summed E-state index contributed by atoms with van der Waals surface area (Å²) < 4.78 is 6.26. The van der Waals surface area contributed by atoms with Gasteiger partial charge >= 0.3 is 5.69 Å². The first-order chi connectivity index (χ1) is 9.76. The van der Waals surface area contributed by atoms with Gasteiger partial charge in [0.15, 0.2) is 5.65 Å². The quantitative estimate of drug-likeness (QED) is 0.715. The van der Waals surface area contributed by atoms with Gasteiger partial charge in [-0.15, -0.1) is 5.10 Å². The first-order valence-corrected chi connectivity index (χ1v) is 5.93. The molecule has 0 saturated heterocycles. The third-order valence-electron chi connectivity index (χ3n) is 2.76. The van der Waals surface area contributed by atoms with Crippen LogP contribution in [0.15, 0.2) is 35.3 Å². The van der Waals surface area contributed by atoms with Crippen molar-refractivity contribution in [1.29, 1.82) is 0 Å². The standard InChI is InChI=1S/C12H12N6O2/c1-20-11-6-8(4-5-13-11)7-14-9-2-3-10-15-16-12(19)18(10)17-9/h2-6H,7H2,1H3,(H,14,17)(H,16,19). The van der Waals surface area contributed by atoms with Gasteiger partial charge in [-0.2, -0.15) is 9.61 Å². The Hall–Kier alpha value is -2.90. The Morgan fingerprint density at radius 3 is 3.15 bits per heavy atom. The largest absolute Gasteiger partial charge is 0.481 e. The second kappa shape index (κ2) is 5.00. The summed E-state index contributed by atoms with van der Waals surface area (Å²) in [6.07, 6.45) is 1.67. The van der Waals surface area contributed by atoms with Crippen molar-refractivity contribution in [3.63, 3.8) is 0 Å². The van der Waals surface area contributed by atoms with E-state index in [1.165, 1.54) is 4.52 Å². The van der Waals surface area contributed by atoms with Crippen molar-refractivity contribution in [3.05, 3.63) is 46.5 Å².